The van der Waals surface area contributed by atoms with Gasteiger partial charge in [-0.2, -0.15) is 0 Å². The molecular weight excluding hydrogens is 292 g/mol. The SMILES string of the molecule is CCc1ccc(NC(=O)C(=O)NCC(CC)(CC)CCO)cc1. The highest BCUT2D eigenvalue weighted by Crippen LogP contribution is 2.29. The van der Waals surface area contributed by atoms with Gasteiger partial charge in [0, 0.05) is 18.8 Å². The molecule has 1 aromatic carbocycles. The summed E-state index contributed by atoms with van der Waals surface area (Å²) in [6.45, 7) is 6.58. The van der Waals surface area contributed by atoms with Crippen molar-refractivity contribution < 1.29 is 14.7 Å². The number of aliphatic hydroxyl groups is 1. The Morgan fingerprint density at radius 1 is 1.04 bits per heavy atom. The Bertz CT molecular complexity index is 508. The summed E-state index contributed by atoms with van der Waals surface area (Å²) in [6, 6.07) is 7.43. The van der Waals surface area contributed by atoms with E-state index in [0.29, 0.717) is 18.7 Å². The van der Waals surface area contributed by atoms with Crippen LogP contribution in [0.15, 0.2) is 24.3 Å². The van der Waals surface area contributed by atoms with Crippen molar-refractivity contribution in [2.45, 2.75) is 46.5 Å². The maximum atomic E-state index is 12.0. The summed E-state index contributed by atoms with van der Waals surface area (Å²) < 4.78 is 0. The zero-order valence-electron chi connectivity index (χ0n) is 14.3. The van der Waals surface area contributed by atoms with Gasteiger partial charge in [-0.25, -0.2) is 0 Å². The van der Waals surface area contributed by atoms with E-state index < -0.39 is 11.8 Å². The Hall–Kier alpha value is -1.88. The number of hydrogen-bond donors (Lipinski definition) is 3. The van der Waals surface area contributed by atoms with Crippen LogP contribution in [0, 0.1) is 5.41 Å². The lowest BCUT2D eigenvalue weighted by Gasteiger charge is -2.31. The van der Waals surface area contributed by atoms with Crippen molar-refractivity contribution in [3.05, 3.63) is 29.8 Å². The highest BCUT2D eigenvalue weighted by atomic mass is 16.3. The van der Waals surface area contributed by atoms with Crippen LogP contribution in [-0.4, -0.2) is 30.1 Å². The molecule has 0 heterocycles. The minimum Gasteiger partial charge on any atom is -0.396 e. The van der Waals surface area contributed by atoms with Crippen LogP contribution in [-0.2, 0) is 16.0 Å². The summed E-state index contributed by atoms with van der Waals surface area (Å²) in [4.78, 5) is 23.9. The Kier molecular flexibility index (Phi) is 7.75. The van der Waals surface area contributed by atoms with Gasteiger partial charge >= 0.3 is 11.8 Å². The average molecular weight is 320 g/mol. The summed E-state index contributed by atoms with van der Waals surface area (Å²) >= 11 is 0. The first kappa shape index (κ1) is 19.2. The van der Waals surface area contributed by atoms with Gasteiger partial charge in [0.05, 0.1) is 0 Å². The van der Waals surface area contributed by atoms with E-state index in [2.05, 4.69) is 17.6 Å². The maximum absolute atomic E-state index is 12.0. The quantitative estimate of drug-likeness (QED) is 0.644. The molecule has 23 heavy (non-hydrogen) atoms. The topological polar surface area (TPSA) is 78.4 Å². The fraction of sp³-hybridized carbons (Fsp3) is 0.556. The van der Waals surface area contributed by atoms with Crippen molar-refractivity contribution in [2.24, 2.45) is 5.41 Å². The number of anilines is 1. The Morgan fingerprint density at radius 3 is 2.13 bits per heavy atom. The van der Waals surface area contributed by atoms with Crippen LogP contribution in [0.25, 0.3) is 0 Å². The molecule has 128 valence electrons. The van der Waals surface area contributed by atoms with Crippen molar-refractivity contribution in [3.63, 3.8) is 0 Å². The van der Waals surface area contributed by atoms with Crippen LogP contribution < -0.4 is 10.6 Å². The van der Waals surface area contributed by atoms with Crippen LogP contribution in [0.5, 0.6) is 0 Å². The van der Waals surface area contributed by atoms with E-state index in [9.17, 15) is 14.7 Å². The van der Waals surface area contributed by atoms with Gasteiger partial charge in [0.2, 0.25) is 0 Å². The monoisotopic (exact) mass is 320 g/mol. The molecule has 0 saturated carbocycles. The van der Waals surface area contributed by atoms with E-state index in [1.165, 1.54) is 5.56 Å². The molecule has 5 nitrogen and oxygen atoms in total. The molecule has 0 unspecified atom stereocenters. The molecular formula is C18H28N2O3. The molecule has 1 aromatic rings. The van der Waals surface area contributed by atoms with Crippen LogP contribution in [0.3, 0.4) is 0 Å². The number of carbonyl (C=O) groups excluding carboxylic acids is 2. The summed E-state index contributed by atoms with van der Waals surface area (Å²) in [5.74, 6) is -1.31. The highest BCUT2D eigenvalue weighted by Gasteiger charge is 2.27. The molecule has 1 rings (SSSR count). The summed E-state index contributed by atoms with van der Waals surface area (Å²) in [7, 11) is 0. The molecule has 5 heteroatoms. The molecule has 0 aliphatic carbocycles. The number of aliphatic hydroxyl groups excluding tert-OH is 1. The maximum Gasteiger partial charge on any atom is 0.313 e. The predicted octanol–water partition coefficient (Wildman–Crippen LogP) is 2.49. The molecule has 2 amide bonds. The lowest BCUT2D eigenvalue weighted by Crippen LogP contribution is -2.42. The number of rotatable bonds is 8. The Balaban J connectivity index is 2.57. The summed E-state index contributed by atoms with van der Waals surface area (Å²) in [6.07, 6.45) is 3.21. The van der Waals surface area contributed by atoms with E-state index in [1.807, 2.05) is 26.0 Å². The number of nitrogens with one attached hydrogen (secondary N) is 2. The first-order chi connectivity index (χ1) is 11.0. The zero-order chi connectivity index (χ0) is 17.3. The Labute approximate surface area is 138 Å². The molecule has 0 radical (unpaired) electrons. The van der Waals surface area contributed by atoms with Gasteiger partial charge < -0.3 is 15.7 Å². The molecule has 0 spiro atoms. The van der Waals surface area contributed by atoms with Crippen molar-refractivity contribution in [1.82, 2.24) is 5.32 Å². The molecule has 0 aromatic heterocycles. The van der Waals surface area contributed by atoms with Crippen LogP contribution in [0.2, 0.25) is 0 Å². The molecule has 0 bridgehead atoms. The standard InChI is InChI=1S/C18H28N2O3/c1-4-14-7-9-15(10-8-14)20-17(23)16(22)19-13-18(5-2,6-3)11-12-21/h7-10,21H,4-6,11-13H2,1-3H3,(H,19,22)(H,20,23). The third-order valence-corrected chi connectivity index (χ3v) is 4.59. The van der Waals surface area contributed by atoms with Crippen molar-refractivity contribution in [1.29, 1.82) is 0 Å². The van der Waals surface area contributed by atoms with Gasteiger partial charge in [0.25, 0.3) is 0 Å². The minimum absolute atomic E-state index is 0.0769. The number of amides is 2. The fourth-order valence-corrected chi connectivity index (χ4v) is 2.54. The van der Waals surface area contributed by atoms with Gasteiger partial charge in [-0.3, -0.25) is 9.59 Å². The second-order valence-corrected chi connectivity index (χ2v) is 5.87. The van der Waals surface area contributed by atoms with E-state index in [-0.39, 0.29) is 12.0 Å². The molecule has 0 aliphatic heterocycles. The first-order valence-corrected chi connectivity index (χ1v) is 8.29. The average Bonchev–Trinajstić information content (AvgIpc) is 2.59. The van der Waals surface area contributed by atoms with E-state index in [4.69, 9.17) is 0 Å². The molecule has 0 fully saturated rings. The number of hydrogen-bond acceptors (Lipinski definition) is 3. The highest BCUT2D eigenvalue weighted by molar-refractivity contribution is 6.39. The van der Waals surface area contributed by atoms with E-state index in [0.717, 1.165) is 19.3 Å². The number of aryl methyl sites for hydroxylation is 1. The van der Waals surface area contributed by atoms with Gasteiger partial charge in [0.15, 0.2) is 0 Å². The third-order valence-electron chi connectivity index (χ3n) is 4.59. The molecule has 0 aliphatic rings. The zero-order valence-corrected chi connectivity index (χ0v) is 14.3. The van der Waals surface area contributed by atoms with Gasteiger partial charge in [0.1, 0.15) is 0 Å². The summed E-state index contributed by atoms with van der Waals surface area (Å²) in [5, 5.41) is 14.5. The first-order valence-electron chi connectivity index (χ1n) is 8.29. The van der Waals surface area contributed by atoms with Crippen molar-refractivity contribution in [3.8, 4) is 0 Å². The van der Waals surface area contributed by atoms with E-state index in [1.54, 1.807) is 12.1 Å². The lowest BCUT2D eigenvalue weighted by molar-refractivity contribution is -0.136. The normalized spacial score (nSPS) is 11.1. The molecule has 0 saturated heterocycles. The molecule has 3 N–H and O–H groups in total. The Morgan fingerprint density at radius 2 is 1.65 bits per heavy atom. The fourth-order valence-electron chi connectivity index (χ4n) is 2.54. The second-order valence-electron chi connectivity index (χ2n) is 5.87. The van der Waals surface area contributed by atoms with Crippen LogP contribution in [0.4, 0.5) is 5.69 Å². The van der Waals surface area contributed by atoms with Gasteiger partial charge in [-0.1, -0.05) is 32.9 Å². The summed E-state index contributed by atoms with van der Waals surface area (Å²) in [5.41, 5.74) is 1.62. The van der Waals surface area contributed by atoms with Crippen LogP contribution >= 0.6 is 0 Å². The smallest absolute Gasteiger partial charge is 0.313 e. The van der Waals surface area contributed by atoms with Crippen molar-refractivity contribution in [2.75, 3.05) is 18.5 Å². The number of benzene rings is 1. The van der Waals surface area contributed by atoms with Gasteiger partial charge in [-0.05, 0) is 48.8 Å². The van der Waals surface area contributed by atoms with Crippen LogP contribution in [0.1, 0.15) is 45.6 Å². The largest absolute Gasteiger partial charge is 0.396 e. The third kappa shape index (κ3) is 5.67. The lowest BCUT2D eigenvalue weighted by atomic mass is 9.79. The predicted molar refractivity (Wildman–Crippen MR) is 92.2 cm³/mol. The number of carbonyl (C=O) groups is 2. The minimum atomic E-state index is -0.667. The van der Waals surface area contributed by atoms with Crippen molar-refractivity contribution >= 4 is 17.5 Å². The van der Waals surface area contributed by atoms with E-state index >= 15 is 0 Å². The second kappa shape index (κ2) is 9.30. The van der Waals surface area contributed by atoms with Gasteiger partial charge in [-0.15, -0.1) is 0 Å². The molecule has 0 atom stereocenters.